The Morgan fingerprint density at radius 1 is 1.06 bits per heavy atom. The van der Waals surface area contributed by atoms with Crippen molar-refractivity contribution in [3.63, 3.8) is 0 Å². The van der Waals surface area contributed by atoms with Gasteiger partial charge in [0.05, 0.1) is 6.10 Å². The molecule has 0 aliphatic heterocycles. The van der Waals surface area contributed by atoms with Gasteiger partial charge in [-0.3, -0.25) is 0 Å². The minimum atomic E-state index is -0.157. The first kappa shape index (κ1) is 14.0. The van der Waals surface area contributed by atoms with Crippen LogP contribution in [0, 0.1) is 28.1 Å². The Labute approximate surface area is 102 Å². The third-order valence-electron chi connectivity index (χ3n) is 5.44. The monoisotopic (exact) mass is 226 g/mol. The molecule has 0 bridgehead atoms. The molecule has 1 nitrogen and oxygen atoms in total. The molecule has 0 spiro atoms. The van der Waals surface area contributed by atoms with E-state index in [0.29, 0.717) is 11.8 Å². The molecule has 1 heteroatoms. The molecule has 1 saturated carbocycles. The zero-order valence-electron chi connectivity index (χ0n) is 12.4. The minimum Gasteiger partial charge on any atom is -0.392 e. The van der Waals surface area contributed by atoms with Crippen molar-refractivity contribution in [2.45, 2.75) is 67.9 Å². The predicted octanol–water partition coefficient (Wildman–Crippen LogP) is 4.10. The number of hydrogen-bond donors (Lipinski definition) is 1. The van der Waals surface area contributed by atoms with Gasteiger partial charge >= 0.3 is 0 Å². The first-order valence-corrected chi connectivity index (χ1v) is 6.66. The smallest absolute Gasteiger partial charge is 0.0612 e. The van der Waals surface area contributed by atoms with Crippen LogP contribution in [0.1, 0.15) is 61.8 Å². The van der Waals surface area contributed by atoms with Gasteiger partial charge in [-0.1, -0.05) is 61.8 Å². The summed E-state index contributed by atoms with van der Waals surface area (Å²) in [4.78, 5) is 0. The first-order chi connectivity index (χ1) is 6.98. The molecule has 1 aliphatic rings. The van der Waals surface area contributed by atoms with Crippen molar-refractivity contribution in [2.24, 2.45) is 28.1 Å². The van der Waals surface area contributed by atoms with E-state index in [4.69, 9.17) is 0 Å². The van der Waals surface area contributed by atoms with Crippen LogP contribution in [0.3, 0.4) is 0 Å². The van der Waals surface area contributed by atoms with E-state index >= 15 is 0 Å². The summed E-state index contributed by atoms with van der Waals surface area (Å²) >= 11 is 0. The van der Waals surface area contributed by atoms with Crippen LogP contribution in [0.5, 0.6) is 0 Å². The SMILES string of the molecule is CC[C@@H]([C@H](O)C1C(C)(C)C1(C)C)C(C)(C)C. The van der Waals surface area contributed by atoms with Crippen molar-refractivity contribution < 1.29 is 5.11 Å². The largest absolute Gasteiger partial charge is 0.392 e. The topological polar surface area (TPSA) is 20.2 Å². The molecule has 0 unspecified atom stereocenters. The van der Waals surface area contributed by atoms with E-state index in [1.807, 2.05) is 0 Å². The van der Waals surface area contributed by atoms with Crippen LogP contribution in [0.4, 0.5) is 0 Å². The van der Waals surface area contributed by atoms with Crippen molar-refractivity contribution in [3.05, 3.63) is 0 Å². The number of aliphatic hydroxyl groups is 1. The summed E-state index contributed by atoms with van der Waals surface area (Å²) in [6.07, 6.45) is 0.905. The van der Waals surface area contributed by atoms with Crippen molar-refractivity contribution in [2.75, 3.05) is 0 Å². The van der Waals surface area contributed by atoms with Gasteiger partial charge in [-0.05, 0) is 28.1 Å². The Morgan fingerprint density at radius 3 is 1.62 bits per heavy atom. The molecule has 0 aromatic heterocycles. The lowest BCUT2D eigenvalue weighted by Gasteiger charge is -2.35. The van der Waals surface area contributed by atoms with Crippen molar-refractivity contribution in [3.8, 4) is 0 Å². The van der Waals surface area contributed by atoms with Crippen LogP contribution in [-0.4, -0.2) is 11.2 Å². The standard InChI is InChI=1S/C15H30O/c1-9-10(13(2,3)4)11(16)12-14(5,6)15(12,7)8/h10-12,16H,9H2,1-8H3/t10-,11-/m0/s1. The molecule has 1 fully saturated rings. The van der Waals surface area contributed by atoms with E-state index in [1.54, 1.807) is 0 Å². The molecular weight excluding hydrogens is 196 g/mol. The second kappa shape index (κ2) is 3.73. The molecule has 0 saturated heterocycles. The number of rotatable bonds is 3. The maximum absolute atomic E-state index is 10.7. The van der Waals surface area contributed by atoms with Crippen LogP contribution >= 0.6 is 0 Å². The maximum Gasteiger partial charge on any atom is 0.0612 e. The van der Waals surface area contributed by atoms with Gasteiger partial charge in [0.25, 0.3) is 0 Å². The van der Waals surface area contributed by atoms with E-state index in [9.17, 15) is 5.11 Å². The first-order valence-electron chi connectivity index (χ1n) is 6.66. The molecule has 0 amide bonds. The predicted molar refractivity (Wildman–Crippen MR) is 70.3 cm³/mol. The third kappa shape index (κ3) is 1.92. The van der Waals surface area contributed by atoms with Crippen LogP contribution in [0.15, 0.2) is 0 Å². The molecule has 0 radical (unpaired) electrons. The van der Waals surface area contributed by atoms with E-state index in [-0.39, 0.29) is 22.3 Å². The molecule has 0 aromatic rings. The van der Waals surface area contributed by atoms with Crippen LogP contribution in [0.2, 0.25) is 0 Å². The van der Waals surface area contributed by atoms with Gasteiger partial charge in [-0.25, -0.2) is 0 Å². The number of hydrogen-bond acceptors (Lipinski definition) is 1. The quantitative estimate of drug-likeness (QED) is 0.768. The normalized spacial score (nSPS) is 27.6. The Kier molecular flexibility index (Phi) is 3.27. The minimum absolute atomic E-state index is 0.157. The highest BCUT2D eigenvalue weighted by Gasteiger charge is 2.68. The molecule has 16 heavy (non-hydrogen) atoms. The molecular formula is C15H30O. The summed E-state index contributed by atoms with van der Waals surface area (Å²) in [6.45, 7) is 18.1. The van der Waals surface area contributed by atoms with Gasteiger partial charge in [0.15, 0.2) is 0 Å². The molecule has 0 heterocycles. The Balaban J connectivity index is 2.84. The van der Waals surface area contributed by atoms with E-state index in [2.05, 4.69) is 55.4 Å². The second-order valence-corrected chi connectivity index (χ2v) is 7.79. The van der Waals surface area contributed by atoms with E-state index in [0.717, 1.165) is 6.42 Å². The van der Waals surface area contributed by atoms with E-state index < -0.39 is 0 Å². The fraction of sp³-hybridized carbons (Fsp3) is 1.00. The maximum atomic E-state index is 10.7. The second-order valence-electron chi connectivity index (χ2n) is 7.79. The van der Waals surface area contributed by atoms with Crippen molar-refractivity contribution in [1.29, 1.82) is 0 Å². The highest BCUT2D eigenvalue weighted by molar-refractivity contribution is 5.16. The lowest BCUT2D eigenvalue weighted by Crippen LogP contribution is -2.34. The Morgan fingerprint density at radius 2 is 1.44 bits per heavy atom. The van der Waals surface area contributed by atoms with Gasteiger partial charge < -0.3 is 5.11 Å². The molecule has 96 valence electrons. The highest BCUT2D eigenvalue weighted by atomic mass is 16.3. The third-order valence-corrected chi connectivity index (χ3v) is 5.44. The van der Waals surface area contributed by atoms with E-state index in [1.165, 1.54) is 0 Å². The van der Waals surface area contributed by atoms with Crippen LogP contribution in [-0.2, 0) is 0 Å². The number of aliphatic hydroxyl groups excluding tert-OH is 1. The van der Waals surface area contributed by atoms with Gasteiger partial charge in [0.2, 0.25) is 0 Å². The zero-order chi connectivity index (χ0) is 12.9. The zero-order valence-corrected chi connectivity index (χ0v) is 12.4. The summed E-state index contributed by atoms with van der Waals surface area (Å²) in [7, 11) is 0. The fourth-order valence-corrected chi connectivity index (χ4v) is 3.70. The summed E-state index contributed by atoms with van der Waals surface area (Å²) in [5, 5.41) is 10.7. The van der Waals surface area contributed by atoms with Gasteiger partial charge in [0, 0.05) is 0 Å². The molecule has 2 atom stereocenters. The van der Waals surface area contributed by atoms with Crippen molar-refractivity contribution in [1.82, 2.24) is 0 Å². The lowest BCUT2D eigenvalue weighted by atomic mass is 9.73. The van der Waals surface area contributed by atoms with Gasteiger partial charge in [0.1, 0.15) is 0 Å². The summed E-state index contributed by atoms with van der Waals surface area (Å²) in [5.41, 5.74) is 0.763. The van der Waals surface area contributed by atoms with Crippen LogP contribution < -0.4 is 0 Å². The summed E-state index contributed by atoms with van der Waals surface area (Å²) in [5.74, 6) is 0.850. The molecule has 1 rings (SSSR count). The average molecular weight is 226 g/mol. The summed E-state index contributed by atoms with van der Waals surface area (Å²) in [6, 6.07) is 0. The highest BCUT2D eigenvalue weighted by Crippen LogP contribution is 2.70. The van der Waals surface area contributed by atoms with Crippen molar-refractivity contribution >= 4 is 0 Å². The average Bonchev–Trinajstić information content (AvgIpc) is 2.40. The van der Waals surface area contributed by atoms with Gasteiger partial charge in [-0.2, -0.15) is 0 Å². The summed E-state index contributed by atoms with van der Waals surface area (Å²) < 4.78 is 0. The molecule has 1 aliphatic carbocycles. The van der Waals surface area contributed by atoms with Gasteiger partial charge in [-0.15, -0.1) is 0 Å². The Hall–Kier alpha value is -0.0400. The lowest BCUT2D eigenvalue weighted by molar-refractivity contribution is 0.0117. The van der Waals surface area contributed by atoms with Crippen LogP contribution in [0.25, 0.3) is 0 Å². The molecule has 0 aromatic carbocycles. The fourth-order valence-electron chi connectivity index (χ4n) is 3.70. The Bertz CT molecular complexity index is 241. The molecule has 1 N–H and O–H groups in total.